The van der Waals surface area contributed by atoms with E-state index in [0.29, 0.717) is 21.6 Å². The summed E-state index contributed by atoms with van der Waals surface area (Å²) in [7, 11) is -4.02. The summed E-state index contributed by atoms with van der Waals surface area (Å²) in [6.45, 7) is 4.30. The lowest BCUT2D eigenvalue weighted by atomic mass is 10.2. The zero-order chi connectivity index (χ0) is 23.3. The summed E-state index contributed by atoms with van der Waals surface area (Å²) in [4.78, 5) is 44.3. The van der Waals surface area contributed by atoms with E-state index < -0.39 is 39.1 Å². The van der Waals surface area contributed by atoms with Crippen LogP contribution in [-0.4, -0.2) is 53.9 Å². The van der Waals surface area contributed by atoms with E-state index in [2.05, 4.69) is 15.3 Å². The van der Waals surface area contributed by atoms with E-state index in [-0.39, 0.29) is 11.7 Å². The fourth-order valence-corrected chi connectivity index (χ4v) is 5.53. The van der Waals surface area contributed by atoms with Crippen LogP contribution < -0.4 is 10.1 Å². The predicted molar refractivity (Wildman–Crippen MR) is 121 cm³/mol. The molecule has 170 valence electrons. The second-order valence-corrected chi connectivity index (χ2v) is 10.4. The first-order valence-electron chi connectivity index (χ1n) is 9.50. The Morgan fingerprint density at radius 2 is 2.00 bits per heavy atom. The third-order valence-corrected chi connectivity index (χ3v) is 7.22. The molecule has 0 saturated heterocycles. The van der Waals surface area contributed by atoms with Gasteiger partial charge in [0.2, 0.25) is 5.91 Å². The van der Waals surface area contributed by atoms with E-state index in [1.54, 1.807) is 35.1 Å². The number of fused-ring (bicyclic) bond motifs is 1. The number of nitrogens with zero attached hydrogens (tertiary/aromatic N) is 3. The molecule has 3 rings (SSSR count). The van der Waals surface area contributed by atoms with Gasteiger partial charge >= 0.3 is 5.97 Å². The number of carbonyl (C=O) groups is 3. The second kappa shape index (κ2) is 10.1. The molecule has 0 fully saturated rings. The maximum absolute atomic E-state index is 12.4. The molecule has 2 aromatic heterocycles. The van der Waals surface area contributed by atoms with E-state index >= 15 is 0 Å². The molecule has 0 atom stereocenters. The van der Waals surface area contributed by atoms with Gasteiger partial charge in [0.25, 0.3) is 5.91 Å². The zero-order valence-corrected chi connectivity index (χ0v) is 19.7. The number of hydrogen-bond donors (Lipinski definition) is 1. The van der Waals surface area contributed by atoms with E-state index in [4.69, 9.17) is 4.74 Å². The molecule has 1 N–H and O–H groups in total. The Labute approximate surface area is 191 Å². The zero-order valence-electron chi connectivity index (χ0n) is 17.2. The number of esters is 1. The summed E-state index contributed by atoms with van der Waals surface area (Å²) < 4.78 is 32.0. The smallest absolute Gasteiger partial charge is 0.338 e. The lowest BCUT2D eigenvalue weighted by molar-refractivity contribution is -0.115. The molecule has 0 spiro atoms. The highest BCUT2D eigenvalue weighted by Crippen LogP contribution is 2.20. The quantitative estimate of drug-likeness (QED) is 0.470. The summed E-state index contributed by atoms with van der Waals surface area (Å²) >= 11 is 2.31. The van der Waals surface area contributed by atoms with Crippen molar-refractivity contribution in [2.24, 2.45) is 4.99 Å². The Morgan fingerprint density at radius 3 is 2.66 bits per heavy atom. The Morgan fingerprint density at radius 1 is 1.22 bits per heavy atom. The van der Waals surface area contributed by atoms with Gasteiger partial charge < -0.3 is 14.6 Å². The fraction of sp³-hybridized carbons (Fsp3) is 0.316. The van der Waals surface area contributed by atoms with Crippen LogP contribution in [0.15, 0.2) is 34.8 Å². The molecular formula is C19H20N4O6S3. The number of hydrogen-bond acceptors (Lipinski definition) is 9. The average Bonchev–Trinajstić information content (AvgIpc) is 3.33. The van der Waals surface area contributed by atoms with Crippen molar-refractivity contribution < 1.29 is 27.5 Å². The number of benzene rings is 1. The van der Waals surface area contributed by atoms with Crippen LogP contribution in [0.5, 0.6) is 0 Å². The normalized spacial score (nSPS) is 12.1. The van der Waals surface area contributed by atoms with E-state index in [9.17, 15) is 22.8 Å². The van der Waals surface area contributed by atoms with Gasteiger partial charge in [-0.25, -0.2) is 18.2 Å². The maximum Gasteiger partial charge on any atom is 0.338 e. The summed E-state index contributed by atoms with van der Waals surface area (Å²) in [5.41, 5.74) is 1.12. The van der Waals surface area contributed by atoms with Gasteiger partial charge in [0.15, 0.2) is 19.8 Å². The largest absolute Gasteiger partial charge is 0.462 e. The first-order valence-corrected chi connectivity index (χ1v) is 13.0. The molecule has 3 aromatic rings. The number of sulfone groups is 1. The van der Waals surface area contributed by atoms with Crippen molar-refractivity contribution >= 4 is 65.6 Å². The van der Waals surface area contributed by atoms with Gasteiger partial charge in [-0.3, -0.25) is 9.59 Å². The molecule has 2 heterocycles. The van der Waals surface area contributed by atoms with Gasteiger partial charge in [-0.05, 0) is 32.0 Å². The summed E-state index contributed by atoms with van der Waals surface area (Å²) in [5, 5.41) is 4.28. The highest BCUT2D eigenvalue weighted by atomic mass is 32.2. The SMILES string of the molecule is CCOC(=O)c1ccc2c(c1)sc(=NC(=O)CS(=O)(=O)CC(=O)Nc1nccs1)n2CC. The number of ether oxygens (including phenoxy) is 1. The summed E-state index contributed by atoms with van der Waals surface area (Å²) in [6, 6.07) is 4.99. The van der Waals surface area contributed by atoms with Gasteiger partial charge in [-0.15, -0.1) is 11.3 Å². The standard InChI is InChI=1S/C19H20N4O6S3/c1-3-23-13-6-5-12(17(26)29-4-2)9-14(13)31-19(23)22-16(25)11-32(27,28)10-15(24)21-18-20-7-8-30-18/h5-9H,3-4,10-11H2,1-2H3,(H,20,21,24). The van der Waals surface area contributed by atoms with Crippen LogP contribution in [0, 0.1) is 0 Å². The first kappa shape index (κ1) is 23.8. The van der Waals surface area contributed by atoms with Crippen molar-refractivity contribution in [1.82, 2.24) is 9.55 Å². The molecular weight excluding hydrogens is 476 g/mol. The van der Waals surface area contributed by atoms with E-state index in [0.717, 1.165) is 28.2 Å². The molecule has 0 saturated carbocycles. The van der Waals surface area contributed by atoms with Crippen molar-refractivity contribution in [3.05, 3.63) is 40.1 Å². The second-order valence-electron chi connectivity index (χ2n) is 6.46. The molecule has 0 aliphatic carbocycles. The van der Waals surface area contributed by atoms with Crippen LogP contribution in [0.1, 0.15) is 24.2 Å². The minimum Gasteiger partial charge on any atom is -0.462 e. The van der Waals surface area contributed by atoms with Crippen molar-refractivity contribution in [3.8, 4) is 0 Å². The van der Waals surface area contributed by atoms with Gasteiger partial charge in [0, 0.05) is 18.1 Å². The van der Waals surface area contributed by atoms with Crippen molar-refractivity contribution in [1.29, 1.82) is 0 Å². The molecule has 0 unspecified atom stereocenters. The monoisotopic (exact) mass is 496 g/mol. The van der Waals surface area contributed by atoms with Gasteiger partial charge in [-0.2, -0.15) is 4.99 Å². The molecule has 10 nitrogen and oxygen atoms in total. The number of amides is 2. The van der Waals surface area contributed by atoms with Gasteiger partial charge in [-0.1, -0.05) is 11.3 Å². The highest BCUT2D eigenvalue weighted by molar-refractivity contribution is 7.92. The third kappa shape index (κ3) is 5.87. The number of rotatable bonds is 8. The third-order valence-electron chi connectivity index (χ3n) is 4.10. The topological polar surface area (TPSA) is 137 Å². The molecule has 0 radical (unpaired) electrons. The number of anilines is 1. The van der Waals surface area contributed by atoms with Gasteiger partial charge in [0.1, 0.15) is 11.5 Å². The number of aromatic nitrogens is 2. The van der Waals surface area contributed by atoms with Crippen molar-refractivity contribution in [2.75, 3.05) is 23.4 Å². The van der Waals surface area contributed by atoms with Crippen LogP contribution >= 0.6 is 22.7 Å². The van der Waals surface area contributed by atoms with Crippen LogP contribution in [-0.2, 0) is 30.7 Å². The van der Waals surface area contributed by atoms with E-state index in [1.165, 1.54) is 6.20 Å². The Kier molecular flexibility index (Phi) is 7.53. The lowest BCUT2D eigenvalue weighted by Crippen LogP contribution is -2.28. The van der Waals surface area contributed by atoms with Crippen LogP contribution in [0.3, 0.4) is 0 Å². The molecule has 32 heavy (non-hydrogen) atoms. The number of carbonyl (C=O) groups excluding carboxylic acids is 3. The van der Waals surface area contributed by atoms with Crippen LogP contribution in [0.25, 0.3) is 10.2 Å². The van der Waals surface area contributed by atoms with E-state index in [1.807, 2.05) is 6.92 Å². The predicted octanol–water partition coefficient (Wildman–Crippen LogP) is 1.84. The summed E-state index contributed by atoms with van der Waals surface area (Å²) in [6.07, 6.45) is 1.47. The first-order chi connectivity index (χ1) is 15.2. The number of aryl methyl sites for hydroxylation is 1. The molecule has 1 aromatic carbocycles. The fourth-order valence-electron chi connectivity index (χ4n) is 2.82. The number of thiazole rings is 2. The molecule has 0 bridgehead atoms. The average molecular weight is 497 g/mol. The molecule has 2 amide bonds. The number of nitrogens with one attached hydrogen (secondary N) is 1. The van der Waals surface area contributed by atoms with Crippen LogP contribution in [0.2, 0.25) is 0 Å². The Bertz CT molecular complexity index is 1320. The molecule has 0 aliphatic heterocycles. The summed E-state index contributed by atoms with van der Waals surface area (Å²) in [5.74, 6) is -3.86. The molecule has 0 aliphatic rings. The lowest BCUT2D eigenvalue weighted by Gasteiger charge is -2.03. The Hall–Kier alpha value is -2.90. The Balaban J connectivity index is 1.80. The maximum atomic E-state index is 12.4. The highest BCUT2D eigenvalue weighted by Gasteiger charge is 2.21. The van der Waals surface area contributed by atoms with Crippen LogP contribution in [0.4, 0.5) is 5.13 Å². The van der Waals surface area contributed by atoms with Crippen molar-refractivity contribution in [2.45, 2.75) is 20.4 Å². The van der Waals surface area contributed by atoms with Gasteiger partial charge in [0.05, 0.1) is 22.4 Å². The minimum absolute atomic E-state index is 0.252. The molecule has 13 heteroatoms. The minimum atomic E-state index is -4.02. The van der Waals surface area contributed by atoms with Crippen molar-refractivity contribution in [3.63, 3.8) is 0 Å².